The Morgan fingerprint density at radius 3 is 2.82 bits per heavy atom. The van der Waals surface area contributed by atoms with Crippen molar-refractivity contribution in [3.63, 3.8) is 0 Å². The van der Waals surface area contributed by atoms with E-state index in [2.05, 4.69) is 50.8 Å². The predicted molar refractivity (Wildman–Crippen MR) is 91.6 cm³/mol. The van der Waals surface area contributed by atoms with Gasteiger partial charge in [0.25, 0.3) is 0 Å². The maximum atomic E-state index is 10.3. The molecular weight excluding hydrogens is 274 g/mol. The number of ether oxygens (including phenoxy) is 1. The van der Waals surface area contributed by atoms with Crippen LogP contribution >= 0.6 is 0 Å². The van der Waals surface area contributed by atoms with Crippen molar-refractivity contribution < 1.29 is 9.84 Å². The molecule has 0 aromatic heterocycles. The zero-order valence-corrected chi connectivity index (χ0v) is 14.5. The second kappa shape index (κ2) is 7.98. The molecule has 1 fully saturated rings. The maximum Gasteiger partial charge on any atom is 0.123 e. The minimum Gasteiger partial charge on any atom is -0.491 e. The van der Waals surface area contributed by atoms with Gasteiger partial charge in [-0.05, 0) is 55.3 Å². The number of aliphatic hydroxyl groups excluding tert-OH is 1. The van der Waals surface area contributed by atoms with Crippen LogP contribution in [-0.4, -0.2) is 42.4 Å². The molecule has 0 amide bonds. The van der Waals surface area contributed by atoms with E-state index in [4.69, 9.17) is 4.74 Å². The van der Waals surface area contributed by atoms with Crippen LogP contribution in [0.25, 0.3) is 0 Å². The molecule has 1 N–H and O–H groups in total. The van der Waals surface area contributed by atoms with Gasteiger partial charge in [-0.15, -0.1) is 0 Å². The molecule has 0 saturated carbocycles. The molecule has 0 bridgehead atoms. The lowest BCUT2D eigenvalue weighted by Gasteiger charge is -2.32. The molecule has 1 heterocycles. The average molecular weight is 305 g/mol. The summed E-state index contributed by atoms with van der Waals surface area (Å²) >= 11 is 0. The van der Waals surface area contributed by atoms with Crippen LogP contribution in [0.2, 0.25) is 0 Å². The Morgan fingerprint density at radius 2 is 2.14 bits per heavy atom. The first-order valence-corrected chi connectivity index (χ1v) is 8.59. The summed E-state index contributed by atoms with van der Waals surface area (Å²) in [5, 5.41) is 10.3. The summed E-state index contributed by atoms with van der Waals surface area (Å²) in [4.78, 5) is 2.36. The van der Waals surface area contributed by atoms with E-state index in [9.17, 15) is 5.11 Å². The third-order valence-corrected chi connectivity index (χ3v) is 4.43. The second-order valence-electron chi connectivity index (χ2n) is 7.17. The van der Waals surface area contributed by atoms with Crippen LogP contribution in [0.15, 0.2) is 18.2 Å². The largest absolute Gasteiger partial charge is 0.491 e. The van der Waals surface area contributed by atoms with Crippen LogP contribution in [0.5, 0.6) is 5.75 Å². The van der Waals surface area contributed by atoms with Crippen molar-refractivity contribution in [3.05, 3.63) is 29.3 Å². The highest BCUT2D eigenvalue weighted by Crippen LogP contribution is 2.27. The molecule has 0 spiro atoms. The number of likely N-dealkylation sites (tertiary alicyclic amines) is 1. The number of benzene rings is 1. The number of piperidine rings is 1. The van der Waals surface area contributed by atoms with Gasteiger partial charge in [0.1, 0.15) is 18.5 Å². The molecule has 2 atom stereocenters. The average Bonchev–Trinajstić information content (AvgIpc) is 2.45. The first-order chi connectivity index (χ1) is 10.5. The van der Waals surface area contributed by atoms with Gasteiger partial charge >= 0.3 is 0 Å². The summed E-state index contributed by atoms with van der Waals surface area (Å²) in [5.41, 5.74) is 2.41. The topological polar surface area (TPSA) is 32.7 Å². The van der Waals surface area contributed by atoms with Crippen LogP contribution in [0.3, 0.4) is 0 Å². The first kappa shape index (κ1) is 17.3. The number of aryl methyl sites for hydroxylation is 1. The summed E-state index contributed by atoms with van der Waals surface area (Å²) in [6.45, 7) is 12.0. The van der Waals surface area contributed by atoms with E-state index < -0.39 is 6.10 Å². The molecule has 1 aromatic carbocycles. The van der Waals surface area contributed by atoms with Gasteiger partial charge < -0.3 is 14.7 Å². The van der Waals surface area contributed by atoms with E-state index >= 15 is 0 Å². The van der Waals surface area contributed by atoms with Gasteiger partial charge in [-0.3, -0.25) is 0 Å². The summed E-state index contributed by atoms with van der Waals surface area (Å²) in [5.74, 6) is 2.09. The molecule has 0 aliphatic carbocycles. The van der Waals surface area contributed by atoms with Crippen molar-refractivity contribution >= 4 is 0 Å². The molecule has 22 heavy (non-hydrogen) atoms. The van der Waals surface area contributed by atoms with E-state index in [1.807, 2.05) is 0 Å². The molecule has 1 aromatic rings. The molecule has 3 nitrogen and oxygen atoms in total. The lowest BCUT2D eigenvalue weighted by molar-refractivity contribution is 0.0534. The highest BCUT2D eigenvalue weighted by molar-refractivity contribution is 5.39. The predicted octanol–water partition coefficient (Wildman–Crippen LogP) is 3.59. The SMILES string of the molecule is Cc1ccc(C(C)C)c(OC[C@@H](O)CN2CCC[C@@H](C)C2)c1. The summed E-state index contributed by atoms with van der Waals surface area (Å²) in [7, 11) is 0. The molecule has 124 valence electrons. The van der Waals surface area contributed by atoms with Gasteiger partial charge in [0, 0.05) is 13.1 Å². The highest BCUT2D eigenvalue weighted by Gasteiger charge is 2.19. The standard InChI is InChI=1S/C19H31NO2/c1-14(2)18-8-7-15(3)10-19(18)22-13-17(21)12-20-9-5-6-16(4)11-20/h7-8,10,14,16-17,21H,5-6,9,11-13H2,1-4H3/t16-,17+/m1/s1. The fraction of sp³-hybridized carbons (Fsp3) is 0.684. The summed E-state index contributed by atoms with van der Waals surface area (Å²) in [6, 6.07) is 6.33. The third-order valence-electron chi connectivity index (χ3n) is 4.43. The number of nitrogens with zero attached hydrogens (tertiary/aromatic N) is 1. The Kier molecular flexibility index (Phi) is 6.27. The van der Waals surface area contributed by atoms with Crippen molar-refractivity contribution in [2.75, 3.05) is 26.2 Å². The summed E-state index contributed by atoms with van der Waals surface area (Å²) in [6.07, 6.45) is 2.12. The normalized spacial score (nSPS) is 21.1. The first-order valence-electron chi connectivity index (χ1n) is 8.59. The van der Waals surface area contributed by atoms with Crippen LogP contribution < -0.4 is 4.74 Å². The van der Waals surface area contributed by atoms with Gasteiger partial charge in [0.2, 0.25) is 0 Å². The molecule has 2 rings (SSSR count). The molecule has 1 aliphatic heterocycles. The van der Waals surface area contributed by atoms with Crippen LogP contribution in [-0.2, 0) is 0 Å². The van der Waals surface area contributed by atoms with E-state index in [1.54, 1.807) is 0 Å². The Bertz CT molecular complexity index is 473. The van der Waals surface area contributed by atoms with Gasteiger partial charge in [-0.2, -0.15) is 0 Å². The van der Waals surface area contributed by atoms with Gasteiger partial charge in [-0.1, -0.05) is 32.9 Å². The third kappa shape index (κ3) is 4.99. The van der Waals surface area contributed by atoms with Crippen LogP contribution in [0.4, 0.5) is 0 Å². The number of hydrogen-bond acceptors (Lipinski definition) is 3. The van der Waals surface area contributed by atoms with Crippen LogP contribution in [0.1, 0.15) is 50.7 Å². The van der Waals surface area contributed by atoms with E-state index in [-0.39, 0.29) is 0 Å². The van der Waals surface area contributed by atoms with Crippen molar-refractivity contribution in [3.8, 4) is 5.75 Å². The fourth-order valence-electron chi connectivity index (χ4n) is 3.23. The lowest BCUT2D eigenvalue weighted by atomic mass is 10.00. The maximum absolute atomic E-state index is 10.3. The smallest absolute Gasteiger partial charge is 0.123 e. The zero-order valence-electron chi connectivity index (χ0n) is 14.5. The van der Waals surface area contributed by atoms with E-state index in [1.165, 1.54) is 24.0 Å². The van der Waals surface area contributed by atoms with Crippen molar-refractivity contribution in [1.82, 2.24) is 4.90 Å². The number of β-amino-alcohol motifs (C(OH)–C–C–N with tert-alkyl or cyclic N) is 1. The summed E-state index contributed by atoms with van der Waals surface area (Å²) < 4.78 is 5.93. The Labute approximate surface area is 135 Å². The van der Waals surface area contributed by atoms with Gasteiger partial charge in [-0.25, -0.2) is 0 Å². The fourth-order valence-corrected chi connectivity index (χ4v) is 3.23. The van der Waals surface area contributed by atoms with Crippen LogP contribution in [0, 0.1) is 12.8 Å². The number of aliphatic hydroxyl groups is 1. The highest BCUT2D eigenvalue weighted by atomic mass is 16.5. The Morgan fingerprint density at radius 1 is 1.36 bits per heavy atom. The molecule has 0 radical (unpaired) electrons. The van der Waals surface area contributed by atoms with Crippen molar-refractivity contribution in [2.45, 2.75) is 52.6 Å². The molecule has 0 unspecified atom stereocenters. The minimum atomic E-state index is -0.425. The Hall–Kier alpha value is -1.06. The molecular formula is C19H31NO2. The van der Waals surface area contributed by atoms with E-state index in [0.29, 0.717) is 19.1 Å². The zero-order chi connectivity index (χ0) is 16.1. The molecule has 1 aliphatic rings. The lowest BCUT2D eigenvalue weighted by Crippen LogP contribution is -2.41. The van der Waals surface area contributed by atoms with Crippen molar-refractivity contribution in [1.29, 1.82) is 0 Å². The Balaban J connectivity index is 1.88. The number of rotatable bonds is 6. The molecule has 1 saturated heterocycles. The van der Waals surface area contributed by atoms with E-state index in [0.717, 1.165) is 24.8 Å². The van der Waals surface area contributed by atoms with Gasteiger partial charge in [0.05, 0.1) is 0 Å². The van der Waals surface area contributed by atoms with Crippen molar-refractivity contribution in [2.24, 2.45) is 5.92 Å². The van der Waals surface area contributed by atoms with Gasteiger partial charge in [0.15, 0.2) is 0 Å². The minimum absolute atomic E-state index is 0.369. The monoisotopic (exact) mass is 305 g/mol. The second-order valence-corrected chi connectivity index (χ2v) is 7.17. The molecule has 3 heteroatoms. The quantitative estimate of drug-likeness (QED) is 0.872. The number of hydrogen-bond donors (Lipinski definition) is 1.